The van der Waals surface area contributed by atoms with Gasteiger partial charge in [0.1, 0.15) is 5.60 Å². The molecule has 270 valence electrons. The Hall–Kier alpha value is -0.970. The Morgan fingerprint density at radius 2 is 0.733 bits per heavy atom. The van der Waals surface area contributed by atoms with Gasteiger partial charge in [-0.25, -0.2) is 4.79 Å². The zero-order valence-electron chi connectivity index (χ0n) is 30.2. The second-order valence-corrected chi connectivity index (χ2v) is 12.9. The fourth-order valence-corrected chi connectivity index (χ4v) is 4.59. The molecule has 0 radical (unpaired) electrons. The molecule has 0 aromatic rings. The summed E-state index contributed by atoms with van der Waals surface area (Å²) < 4.78 is 38.5. The van der Waals surface area contributed by atoms with Crippen LogP contribution in [0, 0.1) is 0 Å². The Bertz CT molecular complexity index is 602. The number of rotatable bonds is 35. The van der Waals surface area contributed by atoms with E-state index in [0.717, 1.165) is 13.0 Å². The van der Waals surface area contributed by atoms with Crippen molar-refractivity contribution in [1.29, 1.82) is 0 Å². The highest BCUT2D eigenvalue weighted by atomic mass is 16.6. The molecule has 1 amide bonds. The molecule has 0 fully saturated rings. The van der Waals surface area contributed by atoms with Crippen molar-refractivity contribution in [2.24, 2.45) is 0 Å². The number of ether oxygens (including phenoxy) is 7. The van der Waals surface area contributed by atoms with E-state index >= 15 is 0 Å². The molecule has 0 atom stereocenters. The first-order chi connectivity index (χ1) is 21.9. The fourth-order valence-electron chi connectivity index (χ4n) is 4.59. The number of nitrogens with zero attached hydrogens (tertiary/aromatic N) is 1. The topological polar surface area (TPSA) is 84.9 Å². The zero-order chi connectivity index (χ0) is 33.1. The van der Waals surface area contributed by atoms with E-state index in [9.17, 15) is 4.79 Å². The highest BCUT2D eigenvalue weighted by Crippen LogP contribution is 2.14. The molecule has 0 aliphatic heterocycles. The Labute approximate surface area is 277 Å². The predicted octanol–water partition coefficient (Wildman–Crippen LogP) is 8.21. The van der Waals surface area contributed by atoms with Crippen molar-refractivity contribution in [1.82, 2.24) is 4.90 Å². The summed E-state index contributed by atoms with van der Waals surface area (Å²) in [6, 6.07) is 0. The summed E-state index contributed by atoms with van der Waals surface area (Å²) >= 11 is 0. The number of hydrogen-bond donors (Lipinski definition) is 0. The van der Waals surface area contributed by atoms with E-state index in [1.165, 1.54) is 101 Å². The molecule has 0 saturated heterocycles. The third-order valence-corrected chi connectivity index (χ3v) is 7.28. The maximum absolute atomic E-state index is 11.9. The largest absolute Gasteiger partial charge is 0.444 e. The lowest BCUT2D eigenvalue weighted by Crippen LogP contribution is -2.36. The molecular weight excluding hydrogens is 574 g/mol. The van der Waals surface area contributed by atoms with Crippen molar-refractivity contribution in [3.8, 4) is 0 Å². The minimum atomic E-state index is -0.497. The van der Waals surface area contributed by atoms with Crippen molar-refractivity contribution in [2.45, 2.75) is 136 Å². The third-order valence-electron chi connectivity index (χ3n) is 7.28. The second-order valence-electron chi connectivity index (χ2n) is 12.9. The number of carbonyl (C=O) groups excluding carboxylic acids is 1. The monoisotopic (exact) mass is 648 g/mol. The normalized spacial score (nSPS) is 11.8. The molecule has 0 bridgehead atoms. The summed E-state index contributed by atoms with van der Waals surface area (Å²) in [4.78, 5) is 13.4. The lowest BCUT2D eigenvalue weighted by Gasteiger charge is -2.24. The van der Waals surface area contributed by atoms with Gasteiger partial charge in [0.15, 0.2) is 0 Å². The van der Waals surface area contributed by atoms with Crippen LogP contribution in [0.5, 0.6) is 0 Å². The van der Waals surface area contributed by atoms with Crippen molar-refractivity contribution < 1.29 is 38.0 Å². The van der Waals surface area contributed by atoms with Gasteiger partial charge in [-0.3, -0.25) is 0 Å². The Balaban J connectivity index is 3.14. The SMILES string of the molecule is CCCCCCCCCCCCCCCCCCOCCOCCOCCOCCOCCOCCN(C)C(=O)OC(C)(C)C. The summed E-state index contributed by atoms with van der Waals surface area (Å²) in [5.41, 5.74) is -0.497. The number of hydrogen-bond acceptors (Lipinski definition) is 8. The first kappa shape index (κ1) is 44.0. The van der Waals surface area contributed by atoms with Gasteiger partial charge < -0.3 is 38.1 Å². The van der Waals surface area contributed by atoms with Crippen LogP contribution in [0.2, 0.25) is 0 Å². The lowest BCUT2D eigenvalue weighted by atomic mass is 10.0. The smallest absolute Gasteiger partial charge is 0.410 e. The molecule has 0 saturated carbocycles. The third kappa shape index (κ3) is 37.4. The van der Waals surface area contributed by atoms with Gasteiger partial charge in [-0.15, -0.1) is 0 Å². The summed E-state index contributed by atoms with van der Waals surface area (Å²) in [7, 11) is 1.70. The minimum absolute atomic E-state index is 0.350. The van der Waals surface area contributed by atoms with Gasteiger partial charge in [-0.2, -0.15) is 0 Å². The summed E-state index contributed by atoms with van der Waals surface area (Å²) in [5, 5.41) is 0. The summed E-state index contributed by atoms with van der Waals surface area (Å²) in [5.74, 6) is 0. The van der Waals surface area contributed by atoms with E-state index in [1.807, 2.05) is 20.8 Å². The molecule has 0 heterocycles. The Morgan fingerprint density at radius 3 is 1.07 bits per heavy atom. The van der Waals surface area contributed by atoms with E-state index in [2.05, 4.69) is 6.92 Å². The molecule has 0 aromatic heterocycles. The first-order valence-corrected chi connectivity index (χ1v) is 18.3. The van der Waals surface area contributed by atoms with Gasteiger partial charge in [-0.1, -0.05) is 103 Å². The van der Waals surface area contributed by atoms with Gasteiger partial charge >= 0.3 is 6.09 Å². The maximum Gasteiger partial charge on any atom is 0.410 e. The van der Waals surface area contributed by atoms with Crippen LogP contribution < -0.4 is 0 Å². The fraction of sp³-hybridized carbons (Fsp3) is 0.972. The number of likely N-dealkylation sites (N-methyl/N-ethyl adjacent to an activating group) is 1. The summed E-state index contributed by atoms with van der Waals surface area (Å²) in [6.07, 6.45) is 21.8. The van der Waals surface area contributed by atoms with Crippen LogP contribution in [-0.4, -0.2) is 109 Å². The molecule has 45 heavy (non-hydrogen) atoms. The van der Waals surface area contributed by atoms with Crippen LogP contribution in [0.1, 0.15) is 130 Å². The van der Waals surface area contributed by atoms with Crippen LogP contribution in [0.25, 0.3) is 0 Å². The molecule has 9 nitrogen and oxygen atoms in total. The Morgan fingerprint density at radius 1 is 0.444 bits per heavy atom. The average Bonchev–Trinajstić information content (AvgIpc) is 3.00. The zero-order valence-corrected chi connectivity index (χ0v) is 30.2. The van der Waals surface area contributed by atoms with Crippen LogP contribution >= 0.6 is 0 Å². The molecule has 0 spiro atoms. The first-order valence-electron chi connectivity index (χ1n) is 18.3. The van der Waals surface area contributed by atoms with Crippen molar-refractivity contribution >= 4 is 6.09 Å². The summed E-state index contributed by atoms with van der Waals surface area (Å²) in [6.45, 7) is 15.0. The van der Waals surface area contributed by atoms with Crippen molar-refractivity contribution in [3.05, 3.63) is 0 Å². The van der Waals surface area contributed by atoms with Gasteiger partial charge in [-0.05, 0) is 27.2 Å². The van der Waals surface area contributed by atoms with Gasteiger partial charge in [0.05, 0.1) is 72.7 Å². The molecule has 0 N–H and O–H groups in total. The highest BCUT2D eigenvalue weighted by molar-refractivity contribution is 5.67. The number of unbranched alkanes of at least 4 members (excludes halogenated alkanes) is 15. The number of carbonyl (C=O) groups is 1. The Kier molecular flexibility index (Phi) is 33.6. The van der Waals surface area contributed by atoms with Gasteiger partial charge in [0.2, 0.25) is 0 Å². The van der Waals surface area contributed by atoms with Gasteiger partial charge in [0, 0.05) is 20.2 Å². The van der Waals surface area contributed by atoms with Crippen LogP contribution in [-0.2, 0) is 33.2 Å². The highest BCUT2D eigenvalue weighted by Gasteiger charge is 2.19. The lowest BCUT2D eigenvalue weighted by molar-refractivity contribution is -0.0180. The van der Waals surface area contributed by atoms with Gasteiger partial charge in [0.25, 0.3) is 0 Å². The van der Waals surface area contributed by atoms with E-state index in [-0.39, 0.29) is 6.09 Å². The van der Waals surface area contributed by atoms with Crippen LogP contribution in [0.4, 0.5) is 4.79 Å². The quantitative estimate of drug-likeness (QED) is 0.0637. The maximum atomic E-state index is 11.9. The number of amides is 1. The van der Waals surface area contributed by atoms with E-state index in [4.69, 9.17) is 33.2 Å². The molecule has 0 aliphatic rings. The van der Waals surface area contributed by atoms with Crippen LogP contribution in [0.15, 0.2) is 0 Å². The van der Waals surface area contributed by atoms with Crippen molar-refractivity contribution in [3.63, 3.8) is 0 Å². The molecule has 0 aromatic carbocycles. The second kappa shape index (κ2) is 34.4. The van der Waals surface area contributed by atoms with Crippen LogP contribution in [0.3, 0.4) is 0 Å². The molecule has 0 rings (SSSR count). The molecule has 0 aliphatic carbocycles. The van der Waals surface area contributed by atoms with E-state index in [1.54, 1.807) is 7.05 Å². The molecular formula is C36H73NO8. The van der Waals surface area contributed by atoms with E-state index in [0.29, 0.717) is 79.2 Å². The minimum Gasteiger partial charge on any atom is -0.444 e. The van der Waals surface area contributed by atoms with Crippen molar-refractivity contribution in [2.75, 3.05) is 92.9 Å². The molecule has 0 unspecified atom stereocenters. The standard InChI is InChI=1S/C36H73NO8/c1-6-7-8-9-10-11-12-13-14-15-16-17-18-19-20-21-23-39-25-27-41-29-31-43-33-34-44-32-30-42-28-26-40-24-22-37(5)35(38)45-36(2,3)4/h6-34H2,1-5H3. The molecule has 9 heteroatoms. The van der Waals surface area contributed by atoms with E-state index < -0.39 is 5.60 Å². The predicted molar refractivity (Wildman–Crippen MR) is 183 cm³/mol. The average molecular weight is 648 g/mol.